The highest BCUT2D eigenvalue weighted by Crippen LogP contribution is 2.35. The van der Waals surface area contributed by atoms with Gasteiger partial charge in [0.2, 0.25) is 0 Å². The van der Waals surface area contributed by atoms with Crippen molar-refractivity contribution in [1.82, 2.24) is 4.90 Å². The van der Waals surface area contributed by atoms with Crippen LogP contribution in [-0.2, 0) is 16.1 Å². The molecule has 0 saturated carbocycles. The minimum absolute atomic E-state index is 0.0122. The average Bonchev–Trinajstić information content (AvgIpc) is 2.98. The third-order valence-electron chi connectivity index (χ3n) is 4.27. The van der Waals surface area contributed by atoms with Gasteiger partial charge in [0.25, 0.3) is 11.1 Å². The molecule has 162 valence electrons. The third-order valence-corrected chi connectivity index (χ3v) is 5.43. The molecule has 0 atom stereocenters. The number of rotatable bonds is 9. The smallest absolute Gasteiger partial charge is 0.306 e. The SMILES string of the molecule is CCOc1cc(/C=C2/SC(=O)N(Cc3ccc(Cl)cc3)C2=O)ccc1OCCC(=O)O. The third kappa shape index (κ3) is 6.02. The standard InChI is InChI=1S/C22H20ClNO6S/c1-2-29-18-11-15(5-8-17(18)30-10-9-20(25)26)12-19-21(27)24(22(28)31-19)13-14-3-6-16(23)7-4-14/h3-8,11-12H,2,9-10,13H2,1H3,(H,25,26)/b19-12+. The number of carboxylic acids is 1. The van der Waals surface area contributed by atoms with E-state index in [9.17, 15) is 14.4 Å². The highest BCUT2D eigenvalue weighted by molar-refractivity contribution is 8.18. The largest absolute Gasteiger partial charge is 0.490 e. The molecule has 0 spiro atoms. The molecule has 0 aromatic heterocycles. The van der Waals surface area contributed by atoms with Crippen molar-refractivity contribution in [3.63, 3.8) is 0 Å². The number of carbonyl (C=O) groups is 3. The van der Waals surface area contributed by atoms with Gasteiger partial charge in [-0.25, -0.2) is 0 Å². The lowest BCUT2D eigenvalue weighted by Gasteiger charge is -2.13. The Bertz CT molecular complexity index is 1020. The van der Waals surface area contributed by atoms with E-state index in [4.69, 9.17) is 26.2 Å². The van der Waals surface area contributed by atoms with Gasteiger partial charge < -0.3 is 14.6 Å². The Morgan fingerprint density at radius 1 is 1.13 bits per heavy atom. The predicted molar refractivity (Wildman–Crippen MR) is 118 cm³/mol. The van der Waals surface area contributed by atoms with E-state index in [-0.39, 0.29) is 30.7 Å². The van der Waals surface area contributed by atoms with Crippen molar-refractivity contribution >= 4 is 46.6 Å². The van der Waals surface area contributed by atoms with Crippen LogP contribution in [0.2, 0.25) is 5.02 Å². The minimum atomic E-state index is -0.955. The van der Waals surface area contributed by atoms with Crippen LogP contribution in [0, 0.1) is 0 Å². The van der Waals surface area contributed by atoms with Gasteiger partial charge in [0.05, 0.1) is 31.1 Å². The summed E-state index contributed by atoms with van der Waals surface area (Å²) in [7, 11) is 0. The molecule has 9 heteroatoms. The number of carbonyl (C=O) groups excluding carboxylic acids is 2. The van der Waals surface area contributed by atoms with Crippen molar-refractivity contribution in [2.24, 2.45) is 0 Å². The zero-order valence-corrected chi connectivity index (χ0v) is 18.2. The Hall–Kier alpha value is -2.97. The second kappa shape index (κ2) is 10.4. The molecule has 7 nitrogen and oxygen atoms in total. The summed E-state index contributed by atoms with van der Waals surface area (Å²) in [6, 6.07) is 12.0. The van der Waals surface area contributed by atoms with Crippen molar-refractivity contribution in [3.8, 4) is 11.5 Å². The van der Waals surface area contributed by atoms with Gasteiger partial charge in [-0.05, 0) is 60.2 Å². The second-order valence-electron chi connectivity index (χ2n) is 6.53. The Labute approximate surface area is 188 Å². The fourth-order valence-corrected chi connectivity index (χ4v) is 3.77. The van der Waals surface area contributed by atoms with E-state index >= 15 is 0 Å². The van der Waals surface area contributed by atoms with Crippen molar-refractivity contribution in [1.29, 1.82) is 0 Å². The zero-order valence-electron chi connectivity index (χ0n) is 16.7. The summed E-state index contributed by atoms with van der Waals surface area (Å²) in [6.45, 7) is 2.38. The van der Waals surface area contributed by atoms with Crippen LogP contribution in [0.25, 0.3) is 6.08 Å². The highest BCUT2D eigenvalue weighted by Gasteiger charge is 2.35. The molecule has 1 N–H and O–H groups in total. The molecule has 3 rings (SSSR count). The average molecular weight is 462 g/mol. The van der Waals surface area contributed by atoms with E-state index in [1.807, 2.05) is 6.92 Å². The van der Waals surface area contributed by atoms with E-state index in [1.54, 1.807) is 48.5 Å². The molecule has 1 saturated heterocycles. The van der Waals surface area contributed by atoms with Crippen LogP contribution in [0.3, 0.4) is 0 Å². The molecule has 0 radical (unpaired) electrons. The van der Waals surface area contributed by atoms with Crippen LogP contribution < -0.4 is 9.47 Å². The number of carboxylic acid groups (broad SMARTS) is 1. The number of hydrogen-bond acceptors (Lipinski definition) is 6. The van der Waals surface area contributed by atoms with Gasteiger partial charge in [0.15, 0.2) is 11.5 Å². The molecule has 2 aromatic rings. The van der Waals surface area contributed by atoms with Gasteiger partial charge in [0, 0.05) is 5.02 Å². The van der Waals surface area contributed by atoms with Gasteiger partial charge in [-0.2, -0.15) is 0 Å². The maximum atomic E-state index is 12.8. The Kier molecular flexibility index (Phi) is 7.59. The van der Waals surface area contributed by atoms with Gasteiger partial charge in [0.1, 0.15) is 0 Å². The minimum Gasteiger partial charge on any atom is -0.490 e. The topological polar surface area (TPSA) is 93.1 Å². The van der Waals surface area contributed by atoms with E-state index in [1.165, 1.54) is 4.90 Å². The summed E-state index contributed by atoms with van der Waals surface area (Å²) < 4.78 is 11.1. The van der Waals surface area contributed by atoms with Gasteiger partial charge >= 0.3 is 5.97 Å². The van der Waals surface area contributed by atoms with E-state index in [0.717, 1.165) is 17.3 Å². The molecular weight excluding hydrogens is 442 g/mol. The Morgan fingerprint density at radius 3 is 2.55 bits per heavy atom. The number of halogens is 1. The number of imide groups is 1. The first-order chi connectivity index (χ1) is 14.9. The number of aliphatic carboxylic acids is 1. The number of nitrogens with zero attached hydrogens (tertiary/aromatic N) is 1. The molecule has 0 bridgehead atoms. The molecule has 2 aromatic carbocycles. The number of amides is 2. The van der Waals surface area contributed by atoms with Gasteiger partial charge in [-0.3, -0.25) is 19.3 Å². The van der Waals surface area contributed by atoms with Gasteiger partial charge in [-0.15, -0.1) is 0 Å². The number of ether oxygens (including phenoxy) is 2. The van der Waals surface area contributed by atoms with Crippen LogP contribution in [-0.4, -0.2) is 40.3 Å². The van der Waals surface area contributed by atoms with E-state index < -0.39 is 5.97 Å². The molecular formula is C22H20ClNO6S. The molecule has 31 heavy (non-hydrogen) atoms. The summed E-state index contributed by atoms with van der Waals surface area (Å²) in [5.41, 5.74) is 1.46. The Morgan fingerprint density at radius 2 is 1.87 bits per heavy atom. The number of benzene rings is 2. The monoisotopic (exact) mass is 461 g/mol. The summed E-state index contributed by atoms with van der Waals surface area (Å²) in [6.07, 6.45) is 1.49. The number of hydrogen-bond donors (Lipinski definition) is 1. The normalized spacial score (nSPS) is 14.9. The molecule has 1 aliphatic heterocycles. The van der Waals surface area contributed by atoms with E-state index in [2.05, 4.69) is 0 Å². The van der Waals surface area contributed by atoms with Crippen LogP contribution in [0.4, 0.5) is 4.79 Å². The van der Waals surface area contributed by atoms with Crippen molar-refractivity contribution in [2.75, 3.05) is 13.2 Å². The van der Waals surface area contributed by atoms with Crippen LogP contribution in [0.1, 0.15) is 24.5 Å². The maximum absolute atomic E-state index is 12.8. The Balaban J connectivity index is 1.76. The maximum Gasteiger partial charge on any atom is 0.306 e. The molecule has 1 fully saturated rings. The lowest BCUT2D eigenvalue weighted by atomic mass is 10.1. The first-order valence-electron chi connectivity index (χ1n) is 9.48. The van der Waals surface area contributed by atoms with E-state index in [0.29, 0.717) is 33.6 Å². The highest BCUT2D eigenvalue weighted by atomic mass is 35.5. The first-order valence-corrected chi connectivity index (χ1v) is 10.7. The summed E-state index contributed by atoms with van der Waals surface area (Å²) >= 11 is 6.76. The van der Waals surface area contributed by atoms with Crippen LogP contribution >= 0.6 is 23.4 Å². The van der Waals surface area contributed by atoms with Crippen LogP contribution in [0.15, 0.2) is 47.4 Å². The van der Waals surface area contributed by atoms with Crippen molar-refractivity contribution in [3.05, 3.63) is 63.5 Å². The summed E-state index contributed by atoms with van der Waals surface area (Å²) in [4.78, 5) is 37.3. The lowest BCUT2D eigenvalue weighted by molar-refractivity contribution is -0.137. The summed E-state index contributed by atoms with van der Waals surface area (Å²) in [5.74, 6) is -0.480. The molecule has 0 unspecified atom stereocenters. The number of thioether (sulfide) groups is 1. The van der Waals surface area contributed by atoms with Gasteiger partial charge in [-0.1, -0.05) is 29.8 Å². The molecule has 1 heterocycles. The fraction of sp³-hybridized carbons (Fsp3) is 0.227. The zero-order chi connectivity index (χ0) is 22.4. The fourth-order valence-electron chi connectivity index (χ4n) is 2.81. The molecule has 2 amide bonds. The summed E-state index contributed by atoms with van der Waals surface area (Å²) in [5, 5.41) is 8.99. The van der Waals surface area contributed by atoms with Crippen molar-refractivity contribution in [2.45, 2.75) is 19.9 Å². The first kappa shape index (κ1) is 22.7. The van der Waals surface area contributed by atoms with Crippen molar-refractivity contribution < 1.29 is 29.0 Å². The quantitative estimate of drug-likeness (QED) is 0.534. The molecule has 0 aliphatic carbocycles. The lowest BCUT2D eigenvalue weighted by Crippen LogP contribution is -2.27. The predicted octanol–water partition coefficient (Wildman–Crippen LogP) is 4.83. The van der Waals surface area contributed by atoms with Crippen LogP contribution in [0.5, 0.6) is 11.5 Å². The second-order valence-corrected chi connectivity index (χ2v) is 7.96. The molecule has 1 aliphatic rings.